The van der Waals surface area contributed by atoms with Crippen LogP contribution in [0, 0.1) is 6.92 Å². The highest BCUT2D eigenvalue weighted by Gasteiger charge is 2.06. The number of aromatic hydroxyl groups is 2. The smallest absolute Gasteiger partial charge is 0.121 e. The Kier molecular flexibility index (Phi) is 5.88. The normalized spacial score (nSPS) is 10.7. The first kappa shape index (κ1) is 13.9. The molecule has 0 aliphatic rings. The second-order valence-corrected chi connectivity index (χ2v) is 4.79. The Bertz CT molecular complexity index is 345. The van der Waals surface area contributed by atoms with Crippen LogP contribution in [0.25, 0.3) is 0 Å². The molecule has 1 aromatic carbocycles. The van der Waals surface area contributed by atoms with E-state index in [1.165, 1.54) is 32.1 Å². The van der Waals surface area contributed by atoms with E-state index in [1.54, 1.807) is 12.1 Å². The predicted molar refractivity (Wildman–Crippen MR) is 71.6 cm³/mol. The number of rotatable bonds is 7. The molecule has 0 saturated heterocycles. The number of hydrogen-bond acceptors (Lipinski definition) is 2. The van der Waals surface area contributed by atoms with Crippen molar-refractivity contribution in [2.45, 2.75) is 58.8 Å². The molecule has 0 unspecified atom stereocenters. The Morgan fingerprint density at radius 3 is 2.29 bits per heavy atom. The minimum atomic E-state index is 0.251. The van der Waals surface area contributed by atoms with Gasteiger partial charge in [0.2, 0.25) is 0 Å². The molecule has 0 aromatic heterocycles. The van der Waals surface area contributed by atoms with Gasteiger partial charge in [0.1, 0.15) is 11.5 Å². The summed E-state index contributed by atoms with van der Waals surface area (Å²) in [7, 11) is 0. The molecule has 0 aliphatic heterocycles. The van der Waals surface area contributed by atoms with Crippen LogP contribution >= 0.6 is 0 Å². The molecule has 0 saturated carbocycles. The highest BCUT2D eigenvalue weighted by molar-refractivity contribution is 5.45. The van der Waals surface area contributed by atoms with Crippen LogP contribution < -0.4 is 0 Å². The van der Waals surface area contributed by atoms with Crippen LogP contribution in [0.5, 0.6) is 11.5 Å². The van der Waals surface area contributed by atoms with Crippen LogP contribution in [0.15, 0.2) is 12.1 Å². The van der Waals surface area contributed by atoms with E-state index in [4.69, 9.17) is 0 Å². The summed E-state index contributed by atoms with van der Waals surface area (Å²) in [6.45, 7) is 4.04. The Morgan fingerprint density at radius 1 is 0.941 bits per heavy atom. The van der Waals surface area contributed by atoms with E-state index in [1.807, 2.05) is 6.92 Å². The van der Waals surface area contributed by atoms with Gasteiger partial charge in [-0.15, -0.1) is 0 Å². The van der Waals surface area contributed by atoms with Crippen LogP contribution in [0.3, 0.4) is 0 Å². The molecule has 0 spiro atoms. The number of unbranched alkanes of at least 4 members (excludes halogenated alkanes) is 5. The molecule has 1 rings (SSSR count). The molecule has 2 heteroatoms. The first-order valence-corrected chi connectivity index (χ1v) is 6.66. The quantitative estimate of drug-likeness (QED) is 0.547. The number of phenolic OH excluding ortho intramolecular Hbond substituents is 2. The van der Waals surface area contributed by atoms with Gasteiger partial charge in [-0.05, 0) is 43.0 Å². The van der Waals surface area contributed by atoms with Gasteiger partial charge in [0.05, 0.1) is 0 Å². The summed E-state index contributed by atoms with van der Waals surface area (Å²) >= 11 is 0. The average molecular weight is 236 g/mol. The first-order chi connectivity index (χ1) is 8.15. The van der Waals surface area contributed by atoms with Crippen molar-refractivity contribution in [1.29, 1.82) is 0 Å². The molecular weight excluding hydrogens is 212 g/mol. The molecular formula is C15H24O2. The summed E-state index contributed by atoms with van der Waals surface area (Å²) in [6, 6.07) is 3.27. The molecule has 2 N–H and O–H groups in total. The second-order valence-electron chi connectivity index (χ2n) is 4.79. The highest BCUT2D eigenvalue weighted by atomic mass is 16.3. The Morgan fingerprint density at radius 2 is 1.59 bits per heavy atom. The van der Waals surface area contributed by atoms with Gasteiger partial charge in [-0.2, -0.15) is 0 Å². The lowest BCUT2D eigenvalue weighted by atomic mass is 10.0. The molecule has 2 nitrogen and oxygen atoms in total. The number of hydrogen-bond donors (Lipinski definition) is 2. The monoisotopic (exact) mass is 236 g/mol. The van der Waals surface area contributed by atoms with Crippen LogP contribution in [0.2, 0.25) is 0 Å². The molecule has 0 bridgehead atoms. The zero-order valence-corrected chi connectivity index (χ0v) is 11.0. The van der Waals surface area contributed by atoms with E-state index in [0.29, 0.717) is 5.75 Å². The summed E-state index contributed by atoms with van der Waals surface area (Å²) in [5.41, 5.74) is 1.63. The van der Waals surface area contributed by atoms with Crippen molar-refractivity contribution in [2.24, 2.45) is 0 Å². The third kappa shape index (κ3) is 4.68. The van der Waals surface area contributed by atoms with Crippen LogP contribution in [-0.4, -0.2) is 10.2 Å². The van der Waals surface area contributed by atoms with Crippen molar-refractivity contribution in [1.82, 2.24) is 0 Å². The Balaban J connectivity index is 2.36. The lowest BCUT2D eigenvalue weighted by molar-refractivity contribution is 0.448. The van der Waals surface area contributed by atoms with Crippen LogP contribution in [0.1, 0.15) is 56.6 Å². The SMILES string of the molecule is CCCCCCCCc1cc(O)cc(C)c1O. The van der Waals surface area contributed by atoms with Gasteiger partial charge in [-0.25, -0.2) is 0 Å². The fourth-order valence-corrected chi connectivity index (χ4v) is 2.12. The van der Waals surface area contributed by atoms with Gasteiger partial charge >= 0.3 is 0 Å². The fourth-order valence-electron chi connectivity index (χ4n) is 2.12. The van der Waals surface area contributed by atoms with Gasteiger partial charge in [-0.3, -0.25) is 0 Å². The van der Waals surface area contributed by atoms with Crippen molar-refractivity contribution >= 4 is 0 Å². The topological polar surface area (TPSA) is 40.5 Å². The fraction of sp³-hybridized carbons (Fsp3) is 0.600. The average Bonchev–Trinajstić information content (AvgIpc) is 2.29. The highest BCUT2D eigenvalue weighted by Crippen LogP contribution is 2.28. The number of benzene rings is 1. The van der Waals surface area contributed by atoms with Crippen molar-refractivity contribution in [3.05, 3.63) is 23.3 Å². The number of phenols is 2. The maximum absolute atomic E-state index is 9.85. The Hall–Kier alpha value is -1.18. The van der Waals surface area contributed by atoms with E-state index < -0.39 is 0 Å². The molecule has 1 aromatic rings. The van der Waals surface area contributed by atoms with E-state index in [-0.39, 0.29) is 5.75 Å². The minimum absolute atomic E-state index is 0.251. The summed E-state index contributed by atoms with van der Waals surface area (Å²) in [5, 5.41) is 19.3. The molecule has 0 atom stereocenters. The minimum Gasteiger partial charge on any atom is -0.508 e. The van der Waals surface area contributed by atoms with Crippen LogP contribution in [0.4, 0.5) is 0 Å². The molecule has 0 aliphatic carbocycles. The van der Waals surface area contributed by atoms with E-state index >= 15 is 0 Å². The molecule has 0 amide bonds. The van der Waals surface area contributed by atoms with Gasteiger partial charge < -0.3 is 10.2 Å². The van der Waals surface area contributed by atoms with Crippen molar-refractivity contribution in [2.75, 3.05) is 0 Å². The summed E-state index contributed by atoms with van der Waals surface area (Å²) in [6.07, 6.45) is 8.30. The summed E-state index contributed by atoms with van der Waals surface area (Å²) in [4.78, 5) is 0. The maximum atomic E-state index is 9.85. The van der Waals surface area contributed by atoms with Gasteiger partial charge in [0.15, 0.2) is 0 Å². The second kappa shape index (κ2) is 7.21. The molecule has 0 heterocycles. The maximum Gasteiger partial charge on any atom is 0.121 e. The van der Waals surface area contributed by atoms with E-state index in [0.717, 1.165) is 24.0 Å². The molecule has 0 radical (unpaired) electrons. The van der Waals surface area contributed by atoms with Crippen molar-refractivity contribution < 1.29 is 10.2 Å². The van der Waals surface area contributed by atoms with Gasteiger partial charge in [0, 0.05) is 0 Å². The lowest BCUT2D eigenvalue weighted by Crippen LogP contribution is -1.89. The summed E-state index contributed by atoms with van der Waals surface area (Å²) < 4.78 is 0. The zero-order chi connectivity index (χ0) is 12.7. The zero-order valence-electron chi connectivity index (χ0n) is 11.0. The largest absolute Gasteiger partial charge is 0.508 e. The van der Waals surface area contributed by atoms with Gasteiger partial charge in [0.25, 0.3) is 0 Å². The molecule has 0 fully saturated rings. The standard InChI is InChI=1S/C15H24O2/c1-3-4-5-6-7-8-9-13-11-14(16)10-12(2)15(13)17/h10-11,16-17H,3-9H2,1-2H3. The predicted octanol–water partition coefficient (Wildman–Crippen LogP) is 4.31. The third-order valence-corrected chi connectivity index (χ3v) is 3.16. The van der Waals surface area contributed by atoms with Crippen LogP contribution in [-0.2, 0) is 6.42 Å². The summed E-state index contributed by atoms with van der Waals surface area (Å²) in [5.74, 6) is 0.595. The van der Waals surface area contributed by atoms with E-state index in [9.17, 15) is 10.2 Å². The first-order valence-electron chi connectivity index (χ1n) is 6.66. The number of aryl methyl sites for hydroxylation is 2. The van der Waals surface area contributed by atoms with Crippen molar-refractivity contribution in [3.63, 3.8) is 0 Å². The van der Waals surface area contributed by atoms with Gasteiger partial charge in [-0.1, -0.05) is 39.0 Å². The van der Waals surface area contributed by atoms with E-state index in [2.05, 4.69) is 6.92 Å². The Labute approximate surface area is 104 Å². The third-order valence-electron chi connectivity index (χ3n) is 3.16. The molecule has 96 valence electrons. The molecule has 17 heavy (non-hydrogen) atoms. The lowest BCUT2D eigenvalue weighted by Gasteiger charge is -2.08. The van der Waals surface area contributed by atoms with Crippen molar-refractivity contribution in [3.8, 4) is 11.5 Å².